The number of fused-ring (bicyclic) bond motifs is 1. The molecule has 0 saturated heterocycles. The molecule has 1 heteroatoms. The lowest BCUT2D eigenvalue weighted by Crippen LogP contribution is -2.13. The summed E-state index contributed by atoms with van der Waals surface area (Å²) in [5.74, 6) is 3.08. The van der Waals surface area contributed by atoms with E-state index in [1.807, 2.05) is 12.1 Å². The second-order valence-electron chi connectivity index (χ2n) is 6.22. The summed E-state index contributed by atoms with van der Waals surface area (Å²) in [4.78, 5) is 12.4. The van der Waals surface area contributed by atoms with Crippen LogP contribution in [0.15, 0.2) is 24.3 Å². The van der Waals surface area contributed by atoms with Crippen molar-refractivity contribution in [2.75, 3.05) is 0 Å². The molecule has 18 heavy (non-hydrogen) atoms. The van der Waals surface area contributed by atoms with Crippen LogP contribution in [0.5, 0.6) is 0 Å². The summed E-state index contributed by atoms with van der Waals surface area (Å²) in [7, 11) is 0. The molecular formula is C17H22O. The van der Waals surface area contributed by atoms with E-state index in [9.17, 15) is 4.79 Å². The number of hydrogen-bond donors (Lipinski definition) is 0. The lowest BCUT2D eigenvalue weighted by molar-refractivity contribution is 0.0914. The van der Waals surface area contributed by atoms with Gasteiger partial charge in [-0.15, -0.1) is 0 Å². The van der Waals surface area contributed by atoms with Crippen molar-refractivity contribution in [2.24, 2.45) is 17.8 Å². The third kappa shape index (κ3) is 2.11. The summed E-state index contributed by atoms with van der Waals surface area (Å²) in [6, 6.07) is 8.34. The Morgan fingerprint density at radius 1 is 1.17 bits per heavy atom. The van der Waals surface area contributed by atoms with Gasteiger partial charge in [0.25, 0.3) is 0 Å². The summed E-state index contributed by atoms with van der Waals surface area (Å²) < 4.78 is 0. The predicted molar refractivity (Wildman–Crippen MR) is 73.8 cm³/mol. The smallest absolute Gasteiger partial charge is 0.165 e. The van der Waals surface area contributed by atoms with E-state index in [1.54, 1.807) is 0 Å². The van der Waals surface area contributed by atoms with Gasteiger partial charge in [-0.1, -0.05) is 38.1 Å². The summed E-state index contributed by atoms with van der Waals surface area (Å²) in [5.41, 5.74) is 2.27. The van der Waals surface area contributed by atoms with E-state index in [2.05, 4.69) is 26.0 Å². The standard InChI is InChI=1S/C17H22O/c1-3-11(2)12-4-6-13(7-5-12)17(18)16-9-14-8-15(14)10-16/h4-7,11,14-16H,3,8-10H2,1-2H3. The zero-order valence-electron chi connectivity index (χ0n) is 11.4. The highest BCUT2D eigenvalue weighted by Crippen LogP contribution is 2.54. The van der Waals surface area contributed by atoms with Gasteiger partial charge >= 0.3 is 0 Å². The average Bonchev–Trinajstić information content (AvgIpc) is 3.03. The van der Waals surface area contributed by atoms with E-state index in [0.29, 0.717) is 17.6 Å². The highest BCUT2D eigenvalue weighted by molar-refractivity contribution is 5.98. The number of ketones is 1. The lowest BCUT2D eigenvalue weighted by Gasteiger charge is -2.12. The van der Waals surface area contributed by atoms with Gasteiger partial charge in [-0.3, -0.25) is 4.79 Å². The van der Waals surface area contributed by atoms with Crippen molar-refractivity contribution < 1.29 is 4.79 Å². The Kier molecular flexibility index (Phi) is 3.01. The largest absolute Gasteiger partial charge is 0.294 e. The first-order chi connectivity index (χ1) is 8.69. The van der Waals surface area contributed by atoms with Gasteiger partial charge < -0.3 is 0 Å². The highest BCUT2D eigenvalue weighted by atomic mass is 16.1. The number of carbonyl (C=O) groups is 1. The number of rotatable bonds is 4. The second-order valence-corrected chi connectivity index (χ2v) is 6.22. The Bertz CT molecular complexity index is 435. The van der Waals surface area contributed by atoms with E-state index in [1.165, 1.54) is 12.0 Å². The van der Waals surface area contributed by atoms with Gasteiger partial charge in [0.15, 0.2) is 5.78 Å². The molecule has 0 bridgehead atoms. The fourth-order valence-corrected chi connectivity index (χ4v) is 3.38. The topological polar surface area (TPSA) is 17.1 Å². The van der Waals surface area contributed by atoms with Crippen molar-refractivity contribution in [3.05, 3.63) is 35.4 Å². The molecule has 0 aliphatic heterocycles. The minimum Gasteiger partial charge on any atom is -0.294 e. The Morgan fingerprint density at radius 3 is 2.33 bits per heavy atom. The van der Waals surface area contributed by atoms with Crippen molar-refractivity contribution in [3.8, 4) is 0 Å². The summed E-state index contributed by atoms with van der Waals surface area (Å²) in [6.07, 6.45) is 4.84. The van der Waals surface area contributed by atoms with Crippen molar-refractivity contribution in [1.29, 1.82) is 0 Å². The van der Waals surface area contributed by atoms with Crippen LogP contribution in [0.25, 0.3) is 0 Å². The normalized spacial score (nSPS) is 30.9. The van der Waals surface area contributed by atoms with Gasteiger partial charge in [0.1, 0.15) is 0 Å². The van der Waals surface area contributed by atoms with E-state index in [-0.39, 0.29) is 0 Å². The van der Waals surface area contributed by atoms with Crippen molar-refractivity contribution >= 4 is 5.78 Å². The Hall–Kier alpha value is -1.11. The molecule has 0 spiro atoms. The molecule has 0 heterocycles. The molecule has 2 saturated carbocycles. The second kappa shape index (κ2) is 4.53. The minimum atomic E-state index is 0.322. The molecule has 1 aromatic rings. The first kappa shape index (κ1) is 12.0. The van der Waals surface area contributed by atoms with Crippen LogP contribution in [0.2, 0.25) is 0 Å². The molecule has 0 radical (unpaired) electrons. The van der Waals surface area contributed by atoms with Crippen LogP contribution in [0.4, 0.5) is 0 Å². The van der Waals surface area contributed by atoms with Crippen molar-refractivity contribution in [3.63, 3.8) is 0 Å². The molecule has 2 aliphatic rings. The SMILES string of the molecule is CCC(C)c1ccc(C(=O)C2CC3CC3C2)cc1. The predicted octanol–water partition coefficient (Wildman–Crippen LogP) is 4.43. The first-order valence-electron chi connectivity index (χ1n) is 7.33. The van der Waals surface area contributed by atoms with Crippen LogP contribution < -0.4 is 0 Å². The molecule has 0 N–H and O–H groups in total. The van der Waals surface area contributed by atoms with Gasteiger partial charge in [0.2, 0.25) is 0 Å². The van der Waals surface area contributed by atoms with E-state index < -0.39 is 0 Å². The molecule has 1 aromatic carbocycles. The fourth-order valence-electron chi connectivity index (χ4n) is 3.38. The van der Waals surface area contributed by atoms with Crippen LogP contribution in [0.1, 0.15) is 61.4 Å². The van der Waals surface area contributed by atoms with E-state index >= 15 is 0 Å². The highest BCUT2D eigenvalue weighted by Gasteiger charge is 2.47. The van der Waals surface area contributed by atoms with Crippen molar-refractivity contribution in [1.82, 2.24) is 0 Å². The monoisotopic (exact) mass is 242 g/mol. The minimum absolute atomic E-state index is 0.322. The molecule has 2 aliphatic carbocycles. The number of hydrogen-bond acceptors (Lipinski definition) is 1. The summed E-state index contributed by atoms with van der Waals surface area (Å²) in [6.45, 7) is 4.44. The van der Waals surface area contributed by atoms with Crippen LogP contribution in [-0.4, -0.2) is 5.78 Å². The number of Topliss-reactive ketones (excluding diaryl/α,β-unsaturated/α-hetero) is 1. The third-order valence-corrected chi connectivity index (χ3v) is 4.99. The Morgan fingerprint density at radius 2 is 1.78 bits per heavy atom. The van der Waals surface area contributed by atoms with Gasteiger partial charge in [0.05, 0.1) is 0 Å². The summed E-state index contributed by atoms with van der Waals surface area (Å²) >= 11 is 0. The van der Waals surface area contributed by atoms with Gasteiger partial charge in [0, 0.05) is 11.5 Å². The van der Waals surface area contributed by atoms with Gasteiger partial charge in [-0.25, -0.2) is 0 Å². The molecule has 2 fully saturated rings. The molecule has 96 valence electrons. The number of carbonyl (C=O) groups excluding carboxylic acids is 1. The zero-order chi connectivity index (χ0) is 12.7. The molecule has 3 unspecified atom stereocenters. The Labute approximate surface area is 110 Å². The molecule has 0 amide bonds. The molecular weight excluding hydrogens is 220 g/mol. The van der Waals surface area contributed by atoms with Crippen LogP contribution in [-0.2, 0) is 0 Å². The van der Waals surface area contributed by atoms with Crippen molar-refractivity contribution in [2.45, 2.75) is 45.4 Å². The fraction of sp³-hybridized carbons (Fsp3) is 0.588. The van der Waals surface area contributed by atoms with Gasteiger partial charge in [-0.05, 0) is 49.0 Å². The maximum atomic E-state index is 12.4. The molecule has 3 rings (SSSR count). The van der Waals surface area contributed by atoms with Gasteiger partial charge in [-0.2, -0.15) is 0 Å². The number of benzene rings is 1. The summed E-state index contributed by atoms with van der Waals surface area (Å²) in [5, 5.41) is 0. The van der Waals surface area contributed by atoms with Crippen LogP contribution in [0.3, 0.4) is 0 Å². The Balaban J connectivity index is 1.70. The third-order valence-electron chi connectivity index (χ3n) is 4.99. The lowest BCUT2D eigenvalue weighted by atomic mass is 9.91. The van der Waals surface area contributed by atoms with E-state index in [0.717, 1.165) is 36.7 Å². The molecule has 1 nitrogen and oxygen atoms in total. The maximum absolute atomic E-state index is 12.4. The van der Waals surface area contributed by atoms with Crippen LogP contribution in [0, 0.1) is 17.8 Å². The van der Waals surface area contributed by atoms with Crippen LogP contribution >= 0.6 is 0 Å². The molecule has 3 atom stereocenters. The van der Waals surface area contributed by atoms with E-state index in [4.69, 9.17) is 0 Å². The quantitative estimate of drug-likeness (QED) is 0.714. The zero-order valence-corrected chi connectivity index (χ0v) is 11.4. The maximum Gasteiger partial charge on any atom is 0.165 e. The first-order valence-corrected chi connectivity index (χ1v) is 7.33. The molecule has 0 aromatic heterocycles. The average molecular weight is 242 g/mol.